The number of nitrogens with zero attached hydrogens (tertiary/aromatic N) is 1. The Labute approximate surface area is 168 Å². The lowest BCUT2D eigenvalue weighted by Crippen LogP contribution is -2.58. The number of cyclic esters (lactones) is 1. The Bertz CT molecular complexity index is 760. The molecule has 0 bridgehead atoms. The van der Waals surface area contributed by atoms with E-state index in [0.29, 0.717) is 24.4 Å². The zero-order chi connectivity index (χ0) is 19.9. The van der Waals surface area contributed by atoms with Gasteiger partial charge in [-0.05, 0) is 72.5 Å². The molecule has 0 radical (unpaired) electrons. The normalized spacial score (nSPS) is 41.1. The van der Waals surface area contributed by atoms with Crippen LogP contribution in [0, 0.1) is 28.6 Å². The number of fused-ring (bicyclic) bond motifs is 5. The quantitative estimate of drug-likeness (QED) is 0.568. The molecule has 0 spiro atoms. The number of hydrogen-bond donors (Lipinski definition) is 0. The highest BCUT2D eigenvalue weighted by Gasteiger charge is 2.60. The number of allylic oxidation sites excluding steroid dienone is 2. The number of carbonyl (C=O) groups excluding carboxylic acids is 1. The molecule has 2 heterocycles. The topological polar surface area (TPSA) is 48.4 Å². The fourth-order valence-electron chi connectivity index (χ4n) is 6.72. The molecule has 1 aliphatic heterocycles. The second-order valence-corrected chi connectivity index (χ2v) is 9.16. The Kier molecular flexibility index (Phi) is 5.01. The summed E-state index contributed by atoms with van der Waals surface area (Å²) in [5, 5.41) is 0. The van der Waals surface area contributed by atoms with Crippen LogP contribution in [0.3, 0.4) is 0 Å². The summed E-state index contributed by atoms with van der Waals surface area (Å²) in [5.74, 6) is 1.93. The maximum atomic E-state index is 11.6. The summed E-state index contributed by atoms with van der Waals surface area (Å²) in [6, 6.07) is 4.24. The average Bonchev–Trinajstić information content (AvgIpc) is 3.08. The van der Waals surface area contributed by atoms with Crippen molar-refractivity contribution in [1.82, 2.24) is 4.98 Å². The maximum Gasteiger partial charge on any atom is 0.508 e. The van der Waals surface area contributed by atoms with Crippen molar-refractivity contribution in [2.45, 2.75) is 65.9 Å². The lowest BCUT2D eigenvalue weighted by Gasteiger charge is -2.58. The molecule has 3 fully saturated rings. The van der Waals surface area contributed by atoms with Gasteiger partial charge in [0.2, 0.25) is 0 Å². The minimum Gasteiger partial charge on any atom is -0.434 e. The van der Waals surface area contributed by atoms with Crippen molar-refractivity contribution in [3.05, 3.63) is 36.2 Å². The van der Waals surface area contributed by atoms with Crippen molar-refractivity contribution in [2.24, 2.45) is 28.6 Å². The third kappa shape index (κ3) is 2.79. The zero-order valence-corrected chi connectivity index (χ0v) is 17.6. The van der Waals surface area contributed by atoms with Crippen LogP contribution >= 0.6 is 0 Å². The van der Waals surface area contributed by atoms with Crippen molar-refractivity contribution in [1.29, 1.82) is 0 Å². The van der Waals surface area contributed by atoms with Crippen molar-refractivity contribution in [3.63, 3.8) is 0 Å². The molecule has 1 saturated heterocycles. The summed E-state index contributed by atoms with van der Waals surface area (Å²) in [6.45, 7) is 9.27. The zero-order valence-electron chi connectivity index (χ0n) is 17.6. The van der Waals surface area contributed by atoms with Gasteiger partial charge in [0, 0.05) is 17.8 Å². The third-order valence-electron chi connectivity index (χ3n) is 8.07. The van der Waals surface area contributed by atoms with Gasteiger partial charge in [-0.25, -0.2) is 4.79 Å². The van der Waals surface area contributed by atoms with Gasteiger partial charge in [-0.1, -0.05) is 39.8 Å². The van der Waals surface area contributed by atoms with E-state index in [0.717, 1.165) is 19.3 Å². The molecule has 6 unspecified atom stereocenters. The van der Waals surface area contributed by atoms with Gasteiger partial charge in [-0.15, -0.1) is 0 Å². The monoisotopic (exact) mass is 383 g/mol. The van der Waals surface area contributed by atoms with Crippen molar-refractivity contribution in [2.75, 3.05) is 6.61 Å². The Morgan fingerprint density at radius 3 is 2.71 bits per heavy atom. The number of rotatable bonds is 1. The Morgan fingerprint density at radius 2 is 1.96 bits per heavy atom. The molecular formula is C24H33NO3. The highest BCUT2D eigenvalue weighted by molar-refractivity contribution is 5.72. The molecule has 2 saturated carbocycles. The van der Waals surface area contributed by atoms with Crippen LogP contribution in [0.5, 0.6) is 0 Å². The second kappa shape index (κ2) is 7.20. The summed E-state index contributed by atoms with van der Waals surface area (Å²) in [6.07, 6.45) is 11.5. The Hall–Kier alpha value is -1.84. The van der Waals surface area contributed by atoms with Gasteiger partial charge in [0.15, 0.2) is 0 Å². The van der Waals surface area contributed by atoms with E-state index in [4.69, 9.17) is 9.47 Å². The molecule has 1 aromatic heterocycles. The number of ether oxygens (including phenoxy) is 2. The fourth-order valence-corrected chi connectivity index (χ4v) is 6.72. The highest BCUT2D eigenvalue weighted by Crippen LogP contribution is 2.65. The van der Waals surface area contributed by atoms with E-state index in [1.54, 1.807) is 0 Å². The average molecular weight is 384 g/mol. The number of aromatic nitrogens is 1. The van der Waals surface area contributed by atoms with Crippen LogP contribution in [0.1, 0.15) is 65.4 Å². The predicted molar refractivity (Wildman–Crippen MR) is 110 cm³/mol. The lowest BCUT2D eigenvalue weighted by molar-refractivity contribution is -0.179. The van der Waals surface area contributed by atoms with Gasteiger partial charge in [0.1, 0.15) is 12.7 Å². The van der Waals surface area contributed by atoms with E-state index in [1.165, 1.54) is 24.0 Å². The molecule has 6 atom stereocenters. The van der Waals surface area contributed by atoms with E-state index in [1.807, 2.05) is 32.3 Å². The van der Waals surface area contributed by atoms with Gasteiger partial charge < -0.3 is 9.47 Å². The molecule has 4 heteroatoms. The molecule has 152 valence electrons. The van der Waals surface area contributed by atoms with E-state index in [-0.39, 0.29) is 16.9 Å². The second-order valence-electron chi connectivity index (χ2n) is 9.16. The minimum absolute atomic E-state index is 0.0292. The summed E-state index contributed by atoms with van der Waals surface area (Å²) in [4.78, 5) is 15.9. The van der Waals surface area contributed by atoms with Crippen LogP contribution in [0.4, 0.5) is 4.79 Å². The van der Waals surface area contributed by atoms with Gasteiger partial charge >= 0.3 is 6.16 Å². The standard InChI is InChI=1S/C22H27NO3.C2H6/c1-21-10-9-18-15(5-8-19-22(18,2)13-25-20(24)26-19)17(21)7-6-16(21)14-4-3-11-23-12-14;1-2/h3-4,6,11-12,15,17-19H,5,7-10,13H2,1-2H3;1-2H3. The van der Waals surface area contributed by atoms with Crippen LogP contribution in [0.25, 0.3) is 5.57 Å². The smallest absolute Gasteiger partial charge is 0.434 e. The third-order valence-corrected chi connectivity index (χ3v) is 8.07. The van der Waals surface area contributed by atoms with Crippen LogP contribution in [-0.4, -0.2) is 23.9 Å². The van der Waals surface area contributed by atoms with E-state index >= 15 is 0 Å². The molecular weight excluding hydrogens is 350 g/mol. The number of pyridine rings is 1. The van der Waals surface area contributed by atoms with E-state index < -0.39 is 6.16 Å². The van der Waals surface area contributed by atoms with Gasteiger partial charge in [0.25, 0.3) is 0 Å². The number of hydrogen-bond acceptors (Lipinski definition) is 4. The molecule has 28 heavy (non-hydrogen) atoms. The van der Waals surface area contributed by atoms with Crippen LogP contribution in [-0.2, 0) is 9.47 Å². The van der Waals surface area contributed by atoms with Crippen LogP contribution in [0.2, 0.25) is 0 Å². The summed E-state index contributed by atoms with van der Waals surface area (Å²) >= 11 is 0. The molecule has 5 rings (SSSR count). The first-order valence-corrected chi connectivity index (χ1v) is 11.0. The van der Waals surface area contributed by atoms with Crippen LogP contribution in [0.15, 0.2) is 30.6 Å². The molecule has 4 nitrogen and oxygen atoms in total. The molecule has 1 aromatic rings. The van der Waals surface area contributed by atoms with Gasteiger partial charge in [-0.3, -0.25) is 4.98 Å². The van der Waals surface area contributed by atoms with E-state index in [2.05, 4.69) is 31.0 Å². The Balaban J connectivity index is 0.000000932. The largest absolute Gasteiger partial charge is 0.508 e. The summed E-state index contributed by atoms with van der Waals surface area (Å²) in [7, 11) is 0. The van der Waals surface area contributed by atoms with Crippen molar-refractivity contribution >= 4 is 11.7 Å². The van der Waals surface area contributed by atoms with Crippen LogP contribution < -0.4 is 0 Å². The lowest BCUT2D eigenvalue weighted by atomic mass is 9.48. The molecule has 0 amide bonds. The molecule has 4 aliphatic rings. The van der Waals surface area contributed by atoms with Crippen molar-refractivity contribution in [3.8, 4) is 0 Å². The van der Waals surface area contributed by atoms with Gasteiger partial charge in [0.05, 0.1) is 0 Å². The maximum absolute atomic E-state index is 11.6. The first kappa shape index (κ1) is 19.5. The number of carbonyl (C=O) groups is 1. The van der Waals surface area contributed by atoms with Gasteiger partial charge in [-0.2, -0.15) is 0 Å². The predicted octanol–water partition coefficient (Wildman–Crippen LogP) is 5.88. The minimum atomic E-state index is -0.479. The van der Waals surface area contributed by atoms with Crippen molar-refractivity contribution < 1.29 is 14.3 Å². The SMILES string of the molecule is CC.CC12CCC3C(CCC4OC(=O)OCC43C)C1CC=C2c1cccnc1. The van der Waals surface area contributed by atoms with E-state index in [9.17, 15) is 4.79 Å². The summed E-state index contributed by atoms with van der Waals surface area (Å²) in [5.41, 5.74) is 2.98. The first-order valence-electron chi connectivity index (χ1n) is 11.0. The highest BCUT2D eigenvalue weighted by atomic mass is 16.7. The Morgan fingerprint density at radius 1 is 1.14 bits per heavy atom. The summed E-state index contributed by atoms with van der Waals surface area (Å²) < 4.78 is 10.9. The molecule has 0 N–H and O–H groups in total. The molecule has 0 aromatic carbocycles. The fraction of sp³-hybridized carbons (Fsp3) is 0.667. The molecule has 3 aliphatic carbocycles. The first-order chi connectivity index (χ1) is 13.5.